The van der Waals surface area contributed by atoms with E-state index in [2.05, 4.69) is 15.4 Å². The van der Waals surface area contributed by atoms with E-state index in [1.54, 1.807) is 19.1 Å². The van der Waals surface area contributed by atoms with Crippen LogP contribution in [0.15, 0.2) is 42.5 Å². The minimum Gasteiger partial charge on any atom is -0.306 e. The summed E-state index contributed by atoms with van der Waals surface area (Å²) < 4.78 is 43.5. The summed E-state index contributed by atoms with van der Waals surface area (Å²) in [6, 6.07) is 9.27. The van der Waals surface area contributed by atoms with Crippen LogP contribution >= 0.6 is 11.3 Å². The number of carbonyl (C=O) groups is 1. The molecule has 0 aliphatic rings. The molecule has 0 radical (unpaired) electrons. The molecule has 4 rings (SSSR count). The number of nitrogens with zero attached hydrogens (tertiary/aromatic N) is 3. The third kappa shape index (κ3) is 3.06. The summed E-state index contributed by atoms with van der Waals surface area (Å²) >= 11 is 1.17. The number of nitrogens with one attached hydrogen (secondary N) is 1. The van der Waals surface area contributed by atoms with E-state index >= 15 is 0 Å². The molecule has 0 atom stereocenters. The molecule has 2 aromatic heterocycles. The van der Waals surface area contributed by atoms with Gasteiger partial charge in [-0.2, -0.15) is 9.78 Å². The van der Waals surface area contributed by atoms with Gasteiger partial charge in [-0.3, -0.25) is 4.79 Å². The van der Waals surface area contributed by atoms with Crippen LogP contribution in [0.5, 0.6) is 0 Å². The monoisotopic (exact) mass is 388 g/mol. The van der Waals surface area contributed by atoms with E-state index in [0.717, 1.165) is 12.1 Å². The molecule has 0 unspecified atom stereocenters. The van der Waals surface area contributed by atoms with Gasteiger partial charge in [0.1, 0.15) is 34.3 Å². The zero-order valence-corrected chi connectivity index (χ0v) is 14.6. The van der Waals surface area contributed by atoms with Crippen LogP contribution in [0.25, 0.3) is 15.3 Å². The van der Waals surface area contributed by atoms with Crippen molar-refractivity contribution in [3.05, 3.63) is 71.2 Å². The lowest BCUT2D eigenvalue weighted by Crippen LogP contribution is -2.18. The summed E-state index contributed by atoms with van der Waals surface area (Å²) in [6.07, 6.45) is 0. The first-order valence-electron chi connectivity index (χ1n) is 7.81. The number of carbonyl (C=O) groups excluding carboxylic acids is 1. The van der Waals surface area contributed by atoms with E-state index in [9.17, 15) is 18.0 Å². The molecule has 0 aliphatic heterocycles. The van der Waals surface area contributed by atoms with Crippen LogP contribution in [0, 0.1) is 24.4 Å². The Morgan fingerprint density at radius 2 is 1.74 bits per heavy atom. The van der Waals surface area contributed by atoms with E-state index in [0.29, 0.717) is 15.5 Å². The smallest absolute Gasteiger partial charge is 0.262 e. The summed E-state index contributed by atoms with van der Waals surface area (Å²) in [5, 5.41) is 6.99. The van der Waals surface area contributed by atoms with E-state index in [-0.39, 0.29) is 11.3 Å². The van der Waals surface area contributed by atoms with Gasteiger partial charge in [0.25, 0.3) is 5.91 Å². The molecule has 4 aromatic rings. The van der Waals surface area contributed by atoms with Gasteiger partial charge in [0.2, 0.25) is 5.13 Å². The summed E-state index contributed by atoms with van der Waals surface area (Å²) in [5.41, 5.74) is 0.0281. The molecule has 136 valence electrons. The molecule has 2 heterocycles. The van der Waals surface area contributed by atoms with E-state index in [1.807, 2.05) is 0 Å². The fourth-order valence-electron chi connectivity index (χ4n) is 2.62. The van der Waals surface area contributed by atoms with Crippen molar-refractivity contribution in [2.75, 3.05) is 5.32 Å². The molecule has 0 saturated heterocycles. The van der Waals surface area contributed by atoms with Gasteiger partial charge >= 0.3 is 0 Å². The summed E-state index contributed by atoms with van der Waals surface area (Å²) in [4.78, 5) is 16.6. The van der Waals surface area contributed by atoms with Gasteiger partial charge in [-0.25, -0.2) is 18.2 Å². The normalized spacial score (nSPS) is 11.1. The molecule has 27 heavy (non-hydrogen) atoms. The number of aromatic nitrogens is 3. The predicted octanol–water partition coefficient (Wildman–Crippen LogP) is 4.46. The Balaban J connectivity index is 1.75. The number of benzene rings is 2. The number of para-hydroxylation sites is 1. The number of anilines is 1. The van der Waals surface area contributed by atoms with Gasteiger partial charge < -0.3 is 5.32 Å². The second kappa shape index (κ2) is 6.51. The Kier molecular flexibility index (Phi) is 4.15. The van der Waals surface area contributed by atoms with Crippen LogP contribution < -0.4 is 5.32 Å². The largest absolute Gasteiger partial charge is 0.306 e. The average Bonchev–Trinajstić information content (AvgIpc) is 3.19. The maximum Gasteiger partial charge on any atom is 0.262 e. The Labute approximate surface area is 155 Å². The first kappa shape index (κ1) is 17.2. The summed E-state index contributed by atoms with van der Waals surface area (Å²) in [5.74, 6) is -3.22. The van der Waals surface area contributed by atoms with Gasteiger partial charge in [0, 0.05) is 6.07 Å². The minimum atomic E-state index is -0.975. The van der Waals surface area contributed by atoms with Crippen LogP contribution in [0.3, 0.4) is 0 Å². The van der Waals surface area contributed by atoms with Crippen molar-refractivity contribution in [2.45, 2.75) is 6.92 Å². The molecule has 0 spiro atoms. The quantitative estimate of drug-likeness (QED) is 0.564. The molecule has 5 nitrogen and oxygen atoms in total. The standard InChI is InChI=1S/C18H11F3N4OS/c1-9-8-14(22-17(26)15-10(19)4-2-5-11(15)20)25(24-9)18-23-16-12(21)6-3-7-13(16)27-18/h2-8H,1H3,(H,22,26). The van der Waals surface area contributed by atoms with Crippen LogP contribution in [0.2, 0.25) is 0 Å². The Bertz CT molecular complexity index is 1160. The highest BCUT2D eigenvalue weighted by Gasteiger charge is 2.20. The molecule has 0 aliphatic carbocycles. The van der Waals surface area contributed by atoms with E-state index < -0.39 is 28.9 Å². The van der Waals surface area contributed by atoms with E-state index in [4.69, 9.17) is 0 Å². The zero-order chi connectivity index (χ0) is 19.1. The topological polar surface area (TPSA) is 59.8 Å². The molecular weight excluding hydrogens is 377 g/mol. The lowest BCUT2D eigenvalue weighted by Gasteiger charge is -2.08. The predicted molar refractivity (Wildman–Crippen MR) is 95.7 cm³/mol. The number of fused-ring (bicyclic) bond motifs is 1. The molecule has 2 aromatic carbocycles. The second-order valence-corrected chi connectivity index (χ2v) is 6.73. The number of thiazole rings is 1. The van der Waals surface area contributed by atoms with Crippen LogP contribution in [0.1, 0.15) is 16.1 Å². The van der Waals surface area contributed by atoms with Crippen molar-refractivity contribution < 1.29 is 18.0 Å². The van der Waals surface area contributed by atoms with Crippen molar-refractivity contribution in [1.82, 2.24) is 14.8 Å². The fourth-order valence-corrected chi connectivity index (χ4v) is 3.57. The maximum absolute atomic E-state index is 13.9. The molecule has 0 bridgehead atoms. The molecule has 1 amide bonds. The number of hydrogen-bond donors (Lipinski definition) is 1. The van der Waals surface area contributed by atoms with Crippen molar-refractivity contribution in [3.63, 3.8) is 0 Å². The first-order chi connectivity index (χ1) is 12.9. The highest BCUT2D eigenvalue weighted by molar-refractivity contribution is 7.20. The van der Waals surface area contributed by atoms with Gasteiger partial charge in [0.15, 0.2) is 0 Å². The van der Waals surface area contributed by atoms with Crippen molar-refractivity contribution in [2.24, 2.45) is 0 Å². The molecule has 0 fully saturated rings. The van der Waals surface area contributed by atoms with Gasteiger partial charge in [-0.1, -0.05) is 23.5 Å². The lowest BCUT2D eigenvalue weighted by atomic mass is 10.2. The zero-order valence-electron chi connectivity index (χ0n) is 13.8. The van der Waals surface area contributed by atoms with Crippen LogP contribution in [-0.4, -0.2) is 20.7 Å². The molecule has 0 saturated carbocycles. The van der Waals surface area contributed by atoms with Crippen LogP contribution in [-0.2, 0) is 0 Å². The van der Waals surface area contributed by atoms with E-state index in [1.165, 1.54) is 34.2 Å². The SMILES string of the molecule is Cc1cc(NC(=O)c2c(F)cccc2F)n(-c2nc3c(F)cccc3s2)n1. The Morgan fingerprint density at radius 1 is 1.07 bits per heavy atom. The third-order valence-corrected chi connectivity index (χ3v) is 4.80. The fraction of sp³-hybridized carbons (Fsp3) is 0.0556. The maximum atomic E-state index is 13.9. The minimum absolute atomic E-state index is 0.166. The highest BCUT2D eigenvalue weighted by Crippen LogP contribution is 2.29. The summed E-state index contributed by atoms with van der Waals surface area (Å²) in [7, 11) is 0. The lowest BCUT2D eigenvalue weighted by molar-refractivity contribution is 0.101. The second-order valence-electron chi connectivity index (χ2n) is 5.72. The van der Waals surface area contributed by atoms with Crippen molar-refractivity contribution in [3.8, 4) is 5.13 Å². The summed E-state index contributed by atoms with van der Waals surface area (Å²) in [6.45, 7) is 1.68. The van der Waals surface area contributed by atoms with Gasteiger partial charge in [-0.15, -0.1) is 0 Å². The number of hydrogen-bond acceptors (Lipinski definition) is 4. The van der Waals surface area contributed by atoms with Crippen molar-refractivity contribution in [1.29, 1.82) is 0 Å². The first-order valence-corrected chi connectivity index (χ1v) is 8.63. The molecule has 9 heteroatoms. The Morgan fingerprint density at radius 3 is 2.44 bits per heavy atom. The van der Waals surface area contributed by atoms with Gasteiger partial charge in [-0.05, 0) is 31.2 Å². The van der Waals surface area contributed by atoms with Crippen LogP contribution in [0.4, 0.5) is 19.0 Å². The van der Waals surface area contributed by atoms with Gasteiger partial charge in [0.05, 0.1) is 10.4 Å². The average molecular weight is 388 g/mol. The number of amides is 1. The Hall–Kier alpha value is -3.20. The molecular formula is C18H11F3N4OS. The number of halogens is 3. The third-order valence-electron chi connectivity index (χ3n) is 3.80. The number of rotatable bonds is 3. The van der Waals surface area contributed by atoms with Crippen molar-refractivity contribution >= 4 is 33.3 Å². The highest BCUT2D eigenvalue weighted by atomic mass is 32.1. The number of aryl methyl sites for hydroxylation is 1. The molecule has 1 N–H and O–H groups in total.